The van der Waals surface area contributed by atoms with Gasteiger partial charge < -0.3 is 5.73 Å². The van der Waals surface area contributed by atoms with Crippen molar-refractivity contribution in [3.63, 3.8) is 0 Å². The largest absolute Gasteiger partial charge is 0.323 e. The van der Waals surface area contributed by atoms with Gasteiger partial charge in [0.15, 0.2) is 0 Å². The molecule has 106 valence electrons. The molecule has 2 aromatic rings. The molecule has 0 heterocycles. The van der Waals surface area contributed by atoms with E-state index in [4.69, 9.17) is 5.73 Å². The zero-order chi connectivity index (χ0) is 14.4. The Bertz CT molecular complexity index is 551. The molecule has 0 amide bonds. The lowest BCUT2D eigenvalue weighted by Crippen LogP contribution is -2.18. The third-order valence-corrected chi connectivity index (χ3v) is 4.74. The Kier molecular flexibility index (Phi) is 5.50. The summed E-state index contributed by atoms with van der Waals surface area (Å²) in [6.07, 6.45) is 2.23. The Labute approximate surface area is 123 Å². The molecule has 0 saturated carbocycles. The standard InChI is InChI=1S/C17H21NOS/c1-2-6-14-9-11-15(12-10-14)17(18)13-20(19)16-7-4-3-5-8-16/h3-5,7-12,17H,2,6,13,18H2,1H3. The Balaban J connectivity index is 2.01. The van der Waals surface area contributed by atoms with Crippen LogP contribution in [0, 0.1) is 0 Å². The molecule has 0 saturated heterocycles. The van der Waals surface area contributed by atoms with E-state index < -0.39 is 10.8 Å². The summed E-state index contributed by atoms with van der Waals surface area (Å²) in [4.78, 5) is 0.838. The van der Waals surface area contributed by atoms with E-state index in [1.54, 1.807) is 0 Å². The maximum atomic E-state index is 12.2. The third kappa shape index (κ3) is 4.02. The second-order valence-corrected chi connectivity index (χ2v) is 6.42. The minimum Gasteiger partial charge on any atom is -0.323 e. The zero-order valence-electron chi connectivity index (χ0n) is 11.8. The number of aryl methyl sites for hydroxylation is 1. The van der Waals surface area contributed by atoms with E-state index in [1.165, 1.54) is 5.56 Å². The van der Waals surface area contributed by atoms with Gasteiger partial charge in [-0.2, -0.15) is 0 Å². The summed E-state index contributed by atoms with van der Waals surface area (Å²) in [5.74, 6) is 0.455. The average Bonchev–Trinajstić information content (AvgIpc) is 2.49. The number of hydrogen-bond donors (Lipinski definition) is 1. The van der Waals surface area contributed by atoms with Gasteiger partial charge in [-0.1, -0.05) is 55.8 Å². The van der Waals surface area contributed by atoms with Crippen molar-refractivity contribution in [2.24, 2.45) is 5.73 Å². The van der Waals surface area contributed by atoms with Crippen molar-refractivity contribution >= 4 is 10.8 Å². The van der Waals surface area contributed by atoms with Gasteiger partial charge in [0.2, 0.25) is 0 Å². The van der Waals surface area contributed by atoms with E-state index in [-0.39, 0.29) is 6.04 Å². The van der Waals surface area contributed by atoms with E-state index in [2.05, 4.69) is 31.2 Å². The number of rotatable bonds is 6. The van der Waals surface area contributed by atoms with Crippen LogP contribution in [0.1, 0.15) is 30.5 Å². The van der Waals surface area contributed by atoms with Crippen molar-refractivity contribution in [3.05, 3.63) is 65.7 Å². The molecule has 0 bridgehead atoms. The second-order valence-electron chi connectivity index (χ2n) is 4.92. The molecular formula is C17H21NOS. The van der Waals surface area contributed by atoms with Gasteiger partial charge in [-0.15, -0.1) is 0 Å². The molecule has 2 atom stereocenters. The van der Waals surface area contributed by atoms with Crippen LogP contribution in [0.3, 0.4) is 0 Å². The summed E-state index contributed by atoms with van der Waals surface area (Å²) in [5, 5.41) is 0. The topological polar surface area (TPSA) is 43.1 Å². The SMILES string of the molecule is CCCc1ccc(C(N)CS(=O)c2ccccc2)cc1. The quantitative estimate of drug-likeness (QED) is 0.884. The van der Waals surface area contributed by atoms with Gasteiger partial charge in [-0.25, -0.2) is 0 Å². The molecule has 0 aliphatic heterocycles. The molecular weight excluding hydrogens is 266 g/mol. The highest BCUT2D eigenvalue weighted by Crippen LogP contribution is 2.16. The fourth-order valence-corrected chi connectivity index (χ4v) is 3.32. The molecule has 0 aliphatic rings. The molecule has 20 heavy (non-hydrogen) atoms. The van der Waals surface area contributed by atoms with Crippen LogP contribution >= 0.6 is 0 Å². The van der Waals surface area contributed by atoms with E-state index >= 15 is 0 Å². The van der Waals surface area contributed by atoms with Crippen LogP contribution in [0.4, 0.5) is 0 Å². The molecule has 0 aromatic heterocycles. The van der Waals surface area contributed by atoms with E-state index in [0.717, 1.165) is 23.3 Å². The van der Waals surface area contributed by atoms with Gasteiger partial charge in [0.25, 0.3) is 0 Å². The van der Waals surface area contributed by atoms with Crippen molar-refractivity contribution in [1.29, 1.82) is 0 Å². The molecule has 2 N–H and O–H groups in total. The maximum absolute atomic E-state index is 12.2. The molecule has 2 nitrogen and oxygen atoms in total. The molecule has 0 spiro atoms. The summed E-state index contributed by atoms with van der Waals surface area (Å²) >= 11 is 0. The van der Waals surface area contributed by atoms with Crippen LogP contribution in [-0.2, 0) is 17.2 Å². The van der Waals surface area contributed by atoms with Gasteiger partial charge >= 0.3 is 0 Å². The van der Waals surface area contributed by atoms with Crippen molar-refractivity contribution < 1.29 is 4.21 Å². The first-order valence-electron chi connectivity index (χ1n) is 6.98. The molecule has 3 heteroatoms. The first-order valence-corrected chi connectivity index (χ1v) is 8.30. The predicted molar refractivity (Wildman–Crippen MR) is 85.1 cm³/mol. The summed E-state index contributed by atoms with van der Waals surface area (Å²) in [6.45, 7) is 2.17. The van der Waals surface area contributed by atoms with Crippen molar-refractivity contribution in [1.82, 2.24) is 0 Å². The summed E-state index contributed by atoms with van der Waals surface area (Å²) < 4.78 is 12.2. The van der Waals surface area contributed by atoms with Crippen molar-refractivity contribution in [2.75, 3.05) is 5.75 Å². The summed E-state index contributed by atoms with van der Waals surface area (Å²) in [6, 6.07) is 17.6. The first-order chi connectivity index (χ1) is 9.70. The van der Waals surface area contributed by atoms with Crippen molar-refractivity contribution in [3.8, 4) is 0 Å². The Hall–Kier alpha value is -1.45. The van der Waals surface area contributed by atoms with Crippen LogP contribution < -0.4 is 5.73 Å². The van der Waals surface area contributed by atoms with Crippen LogP contribution in [0.2, 0.25) is 0 Å². The van der Waals surface area contributed by atoms with Gasteiger partial charge in [0.05, 0.1) is 10.8 Å². The van der Waals surface area contributed by atoms with Gasteiger partial charge in [0, 0.05) is 16.7 Å². The number of hydrogen-bond acceptors (Lipinski definition) is 2. The first kappa shape index (κ1) is 14.9. The van der Waals surface area contributed by atoms with Crippen LogP contribution in [0.25, 0.3) is 0 Å². The average molecular weight is 287 g/mol. The smallest absolute Gasteiger partial charge is 0.0548 e. The van der Waals surface area contributed by atoms with E-state index in [9.17, 15) is 4.21 Å². The molecule has 0 aliphatic carbocycles. The molecule has 2 aromatic carbocycles. The number of nitrogens with two attached hydrogens (primary N) is 1. The van der Waals surface area contributed by atoms with Crippen LogP contribution in [0.15, 0.2) is 59.5 Å². The molecule has 2 rings (SSSR count). The monoisotopic (exact) mass is 287 g/mol. The Morgan fingerprint density at radius 2 is 1.70 bits per heavy atom. The lowest BCUT2D eigenvalue weighted by molar-refractivity contribution is 0.675. The summed E-state index contributed by atoms with van der Waals surface area (Å²) in [5.41, 5.74) is 8.54. The highest BCUT2D eigenvalue weighted by atomic mass is 32.2. The summed E-state index contributed by atoms with van der Waals surface area (Å²) in [7, 11) is -1.05. The lowest BCUT2D eigenvalue weighted by Gasteiger charge is -2.12. The minimum atomic E-state index is -1.05. The van der Waals surface area contributed by atoms with Gasteiger partial charge in [-0.05, 0) is 29.7 Å². The van der Waals surface area contributed by atoms with Crippen LogP contribution in [-0.4, -0.2) is 9.96 Å². The van der Waals surface area contributed by atoms with Gasteiger partial charge in [0.1, 0.15) is 0 Å². The Morgan fingerprint density at radius 1 is 1.05 bits per heavy atom. The predicted octanol–water partition coefficient (Wildman–Crippen LogP) is 3.45. The van der Waals surface area contributed by atoms with Crippen molar-refractivity contribution in [2.45, 2.75) is 30.7 Å². The number of benzene rings is 2. The fourth-order valence-electron chi connectivity index (χ4n) is 2.15. The van der Waals surface area contributed by atoms with E-state index in [1.807, 2.05) is 30.3 Å². The van der Waals surface area contributed by atoms with Crippen LogP contribution in [0.5, 0.6) is 0 Å². The fraction of sp³-hybridized carbons (Fsp3) is 0.294. The molecule has 0 radical (unpaired) electrons. The van der Waals surface area contributed by atoms with Gasteiger partial charge in [-0.3, -0.25) is 4.21 Å². The molecule has 2 unspecified atom stereocenters. The highest BCUT2D eigenvalue weighted by molar-refractivity contribution is 7.85. The molecule has 0 fully saturated rings. The normalized spacial score (nSPS) is 13.9. The zero-order valence-corrected chi connectivity index (χ0v) is 12.6. The second kappa shape index (κ2) is 7.36. The highest BCUT2D eigenvalue weighted by Gasteiger charge is 2.11. The third-order valence-electron chi connectivity index (χ3n) is 3.28. The Morgan fingerprint density at radius 3 is 2.30 bits per heavy atom. The van der Waals surface area contributed by atoms with E-state index in [0.29, 0.717) is 5.75 Å². The maximum Gasteiger partial charge on any atom is 0.0548 e. The minimum absolute atomic E-state index is 0.188. The lowest BCUT2D eigenvalue weighted by atomic mass is 10.0.